The SMILES string of the molecule is CCN(Cc1c(F)ccc(OC)c1Cl)C1CCS(=O)(=O)C1. The number of rotatable bonds is 5. The Bertz CT molecular complexity index is 621. The molecule has 2 rings (SSSR count). The van der Waals surface area contributed by atoms with E-state index < -0.39 is 15.7 Å². The molecule has 21 heavy (non-hydrogen) atoms. The normalized spacial score (nSPS) is 20.9. The van der Waals surface area contributed by atoms with E-state index in [2.05, 4.69) is 0 Å². The van der Waals surface area contributed by atoms with Crippen molar-refractivity contribution in [1.29, 1.82) is 0 Å². The maximum Gasteiger partial charge on any atom is 0.151 e. The summed E-state index contributed by atoms with van der Waals surface area (Å²) in [4.78, 5) is 1.95. The largest absolute Gasteiger partial charge is 0.495 e. The lowest BCUT2D eigenvalue weighted by Gasteiger charge is -2.27. The van der Waals surface area contributed by atoms with Crippen LogP contribution in [0.25, 0.3) is 0 Å². The summed E-state index contributed by atoms with van der Waals surface area (Å²) in [6.45, 7) is 2.84. The van der Waals surface area contributed by atoms with Gasteiger partial charge in [-0.2, -0.15) is 0 Å². The second-order valence-corrected chi connectivity index (χ2v) is 7.77. The van der Waals surface area contributed by atoms with Crippen LogP contribution < -0.4 is 4.74 Å². The molecule has 0 N–H and O–H groups in total. The highest BCUT2D eigenvalue weighted by atomic mass is 35.5. The predicted molar refractivity (Wildman–Crippen MR) is 81.1 cm³/mol. The highest BCUT2D eigenvalue weighted by Crippen LogP contribution is 2.32. The van der Waals surface area contributed by atoms with E-state index in [9.17, 15) is 12.8 Å². The third-order valence-corrected chi connectivity index (χ3v) is 6.03. The monoisotopic (exact) mass is 335 g/mol. The van der Waals surface area contributed by atoms with Crippen LogP contribution in [-0.2, 0) is 16.4 Å². The van der Waals surface area contributed by atoms with Crippen LogP contribution in [0.3, 0.4) is 0 Å². The van der Waals surface area contributed by atoms with E-state index in [0.717, 1.165) is 0 Å². The van der Waals surface area contributed by atoms with Crippen molar-refractivity contribution in [2.75, 3.05) is 25.2 Å². The molecule has 1 fully saturated rings. The number of benzene rings is 1. The summed E-state index contributed by atoms with van der Waals surface area (Å²) in [5.41, 5.74) is 0.349. The summed E-state index contributed by atoms with van der Waals surface area (Å²) in [6, 6.07) is 2.72. The van der Waals surface area contributed by atoms with Gasteiger partial charge >= 0.3 is 0 Å². The lowest BCUT2D eigenvalue weighted by molar-refractivity contribution is 0.212. The molecule has 1 aliphatic heterocycles. The predicted octanol–water partition coefficient (Wildman–Crippen LogP) is 2.50. The van der Waals surface area contributed by atoms with Crippen LogP contribution in [0.4, 0.5) is 4.39 Å². The molecule has 0 amide bonds. The lowest BCUT2D eigenvalue weighted by Crippen LogP contribution is -2.35. The van der Waals surface area contributed by atoms with Crippen LogP contribution in [0.1, 0.15) is 18.9 Å². The summed E-state index contributed by atoms with van der Waals surface area (Å²) in [5, 5.41) is 0.247. The second-order valence-electron chi connectivity index (χ2n) is 5.16. The molecule has 1 atom stereocenters. The summed E-state index contributed by atoms with van der Waals surface area (Å²) >= 11 is 6.17. The average molecular weight is 336 g/mol. The number of hydrogen-bond acceptors (Lipinski definition) is 4. The van der Waals surface area contributed by atoms with Gasteiger partial charge in [0.05, 0.1) is 23.6 Å². The molecule has 0 radical (unpaired) electrons. The quantitative estimate of drug-likeness (QED) is 0.829. The molecule has 1 aliphatic rings. The Morgan fingerprint density at radius 1 is 1.48 bits per heavy atom. The van der Waals surface area contributed by atoms with Crippen molar-refractivity contribution in [2.24, 2.45) is 0 Å². The molecule has 4 nitrogen and oxygen atoms in total. The number of hydrogen-bond donors (Lipinski definition) is 0. The van der Waals surface area contributed by atoms with E-state index in [1.165, 1.54) is 19.2 Å². The Kier molecular flexibility index (Phi) is 5.11. The first-order chi connectivity index (χ1) is 9.88. The molecule has 1 aromatic carbocycles. The van der Waals surface area contributed by atoms with Gasteiger partial charge < -0.3 is 4.74 Å². The van der Waals surface area contributed by atoms with E-state index in [-0.39, 0.29) is 29.1 Å². The first-order valence-corrected chi connectivity index (χ1v) is 9.03. The molecule has 0 aliphatic carbocycles. The lowest BCUT2D eigenvalue weighted by atomic mass is 10.1. The number of methoxy groups -OCH3 is 1. The van der Waals surface area contributed by atoms with Gasteiger partial charge in [0.25, 0.3) is 0 Å². The fourth-order valence-corrected chi connectivity index (χ4v) is 4.70. The Morgan fingerprint density at radius 2 is 2.19 bits per heavy atom. The minimum absolute atomic E-state index is 0.0818. The highest BCUT2D eigenvalue weighted by molar-refractivity contribution is 7.91. The van der Waals surface area contributed by atoms with Crippen molar-refractivity contribution in [2.45, 2.75) is 25.9 Å². The zero-order chi connectivity index (χ0) is 15.6. The summed E-state index contributed by atoms with van der Waals surface area (Å²) in [5.74, 6) is 0.343. The first-order valence-electron chi connectivity index (χ1n) is 6.83. The van der Waals surface area contributed by atoms with Crippen LogP contribution in [0.5, 0.6) is 5.75 Å². The minimum atomic E-state index is -2.97. The summed E-state index contributed by atoms with van der Waals surface area (Å²) in [7, 11) is -1.49. The zero-order valence-corrected chi connectivity index (χ0v) is 13.7. The molecule has 0 bridgehead atoms. The third kappa shape index (κ3) is 3.67. The molecule has 0 spiro atoms. The van der Waals surface area contributed by atoms with Crippen molar-refractivity contribution in [3.05, 3.63) is 28.5 Å². The number of nitrogens with zero attached hydrogens (tertiary/aromatic N) is 1. The van der Waals surface area contributed by atoms with E-state index >= 15 is 0 Å². The molecule has 1 aromatic rings. The standard InChI is InChI=1S/C14H19ClFNO3S/c1-3-17(10-6-7-21(18,19)9-10)8-11-12(16)4-5-13(20-2)14(11)15/h4-5,10H,3,6-9H2,1-2H3. The number of halogens is 2. The Labute approximate surface area is 129 Å². The van der Waals surface area contributed by atoms with Gasteiger partial charge in [0.15, 0.2) is 9.84 Å². The van der Waals surface area contributed by atoms with Crippen molar-refractivity contribution in [3.63, 3.8) is 0 Å². The number of sulfone groups is 1. The average Bonchev–Trinajstić information content (AvgIpc) is 2.79. The van der Waals surface area contributed by atoms with Crippen LogP contribution in [0.2, 0.25) is 5.02 Å². The van der Waals surface area contributed by atoms with Gasteiger partial charge in [0.2, 0.25) is 0 Å². The van der Waals surface area contributed by atoms with Crippen LogP contribution in [0, 0.1) is 5.82 Å². The molecule has 118 valence electrons. The molecular formula is C14H19ClFNO3S. The van der Waals surface area contributed by atoms with Gasteiger partial charge in [-0.15, -0.1) is 0 Å². The van der Waals surface area contributed by atoms with Gasteiger partial charge in [-0.1, -0.05) is 18.5 Å². The third-order valence-electron chi connectivity index (χ3n) is 3.86. The maximum absolute atomic E-state index is 14.0. The molecule has 1 heterocycles. The zero-order valence-electron chi connectivity index (χ0n) is 12.1. The van der Waals surface area contributed by atoms with Gasteiger partial charge in [-0.05, 0) is 25.1 Å². The van der Waals surface area contributed by atoms with Crippen molar-refractivity contribution in [3.8, 4) is 5.75 Å². The van der Waals surface area contributed by atoms with Gasteiger partial charge in [-0.3, -0.25) is 4.90 Å². The van der Waals surface area contributed by atoms with Crippen molar-refractivity contribution in [1.82, 2.24) is 4.90 Å². The van der Waals surface area contributed by atoms with Gasteiger partial charge in [0, 0.05) is 18.2 Å². The molecule has 1 saturated heterocycles. The fourth-order valence-electron chi connectivity index (χ4n) is 2.64. The first kappa shape index (κ1) is 16.5. The molecule has 0 aromatic heterocycles. The minimum Gasteiger partial charge on any atom is -0.495 e. The maximum atomic E-state index is 14.0. The molecule has 1 unspecified atom stereocenters. The van der Waals surface area contributed by atoms with Crippen LogP contribution in [-0.4, -0.2) is 44.5 Å². The Balaban J connectivity index is 2.23. The molecular weight excluding hydrogens is 317 g/mol. The number of ether oxygens (including phenoxy) is 1. The van der Waals surface area contributed by atoms with Crippen LogP contribution in [0.15, 0.2) is 12.1 Å². The van der Waals surface area contributed by atoms with Crippen molar-refractivity contribution < 1.29 is 17.5 Å². The smallest absolute Gasteiger partial charge is 0.151 e. The fraction of sp³-hybridized carbons (Fsp3) is 0.571. The summed E-state index contributed by atoms with van der Waals surface area (Å²) in [6.07, 6.45) is 0.583. The molecule has 0 saturated carbocycles. The second kappa shape index (κ2) is 6.50. The summed E-state index contributed by atoms with van der Waals surface area (Å²) < 4.78 is 42.3. The Hall–Kier alpha value is -0.850. The van der Waals surface area contributed by atoms with Crippen LogP contribution >= 0.6 is 11.6 Å². The Morgan fingerprint density at radius 3 is 2.71 bits per heavy atom. The van der Waals surface area contributed by atoms with Gasteiger partial charge in [-0.25, -0.2) is 12.8 Å². The van der Waals surface area contributed by atoms with E-state index in [0.29, 0.717) is 24.3 Å². The topological polar surface area (TPSA) is 46.6 Å². The van der Waals surface area contributed by atoms with Crippen molar-refractivity contribution >= 4 is 21.4 Å². The van der Waals surface area contributed by atoms with E-state index in [4.69, 9.17) is 16.3 Å². The highest BCUT2D eigenvalue weighted by Gasteiger charge is 2.32. The molecule has 7 heteroatoms. The van der Waals surface area contributed by atoms with E-state index in [1.807, 2.05) is 11.8 Å². The van der Waals surface area contributed by atoms with E-state index in [1.54, 1.807) is 0 Å². The van der Waals surface area contributed by atoms with Gasteiger partial charge in [0.1, 0.15) is 11.6 Å².